The van der Waals surface area contributed by atoms with Crippen molar-refractivity contribution in [1.29, 1.82) is 0 Å². The number of halogens is 1. The van der Waals surface area contributed by atoms with Crippen molar-refractivity contribution in [2.24, 2.45) is 0 Å². The molecule has 1 unspecified atom stereocenters. The molecule has 3 aromatic rings. The topological polar surface area (TPSA) is 85.0 Å². The van der Waals surface area contributed by atoms with Crippen LogP contribution in [0.2, 0.25) is 0 Å². The lowest BCUT2D eigenvalue weighted by Gasteiger charge is -2.22. The van der Waals surface area contributed by atoms with Crippen molar-refractivity contribution < 1.29 is 9.21 Å². The number of aromatic nitrogens is 3. The fourth-order valence-electron chi connectivity index (χ4n) is 3.13. The van der Waals surface area contributed by atoms with Crippen LogP contribution >= 0.6 is 12.4 Å². The van der Waals surface area contributed by atoms with Gasteiger partial charge in [0.25, 0.3) is 5.91 Å². The zero-order chi connectivity index (χ0) is 17.9. The van der Waals surface area contributed by atoms with E-state index in [1.54, 1.807) is 12.3 Å². The molecule has 1 aliphatic heterocycles. The van der Waals surface area contributed by atoms with Gasteiger partial charge in [-0.2, -0.15) is 5.10 Å². The number of aryl methyl sites for hydroxylation is 1. The molecule has 0 saturated carbocycles. The number of anilines is 1. The molecule has 1 amide bonds. The summed E-state index contributed by atoms with van der Waals surface area (Å²) in [6, 6.07) is 9.49. The Morgan fingerprint density at radius 3 is 3.00 bits per heavy atom. The molecule has 2 aromatic heterocycles. The van der Waals surface area contributed by atoms with Gasteiger partial charge in [0, 0.05) is 24.0 Å². The van der Waals surface area contributed by atoms with Crippen LogP contribution in [0.4, 0.5) is 5.69 Å². The number of nitrogens with one attached hydrogen (secondary N) is 2. The van der Waals surface area contributed by atoms with Gasteiger partial charge in [0.2, 0.25) is 5.89 Å². The molecule has 1 atom stereocenters. The van der Waals surface area contributed by atoms with Crippen LogP contribution in [0.15, 0.2) is 47.2 Å². The van der Waals surface area contributed by atoms with Crippen LogP contribution in [0.3, 0.4) is 0 Å². The van der Waals surface area contributed by atoms with E-state index in [1.807, 2.05) is 42.1 Å². The number of hydrogen-bond acceptors (Lipinski definition) is 5. The Balaban J connectivity index is 0.00000210. The predicted molar refractivity (Wildman–Crippen MR) is 105 cm³/mol. The highest BCUT2D eigenvalue weighted by atomic mass is 35.5. The molecule has 1 aromatic carbocycles. The van der Waals surface area contributed by atoms with Gasteiger partial charge in [-0.3, -0.25) is 9.48 Å². The van der Waals surface area contributed by atoms with E-state index < -0.39 is 0 Å². The molecule has 1 saturated heterocycles. The zero-order valence-corrected chi connectivity index (χ0v) is 15.8. The number of carbonyl (C=O) groups is 1. The Hall–Kier alpha value is -2.64. The summed E-state index contributed by atoms with van der Waals surface area (Å²) in [5.74, 6) is 0.306. The van der Waals surface area contributed by atoms with Crippen molar-refractivity contribution in [3.63, 3.8) is 0 Å². The first-order valence-corrected chi connectivity index (χ1v) is 8.79. The normalized spacial score (nSPS) is 16.6. The zero-order valence-electron chi connectivity index (χ0n) is 15.0. The van der Waals surface area contributed by atoms with Gasteiger partial charge in [-0.1, -0.05) is 6.07 Å². The fraction of sp³-hybridized carbons (Fsp3) is 0.316. The highest BCUT2D eigenvalue weighted by Gasteiger charge is 2.18. The first-order valence-electron chi connectivity index (χ1n) is 8.79. The lowest BCUT2D eigenvalue weighted by atomic mass is 10.1. The number of oxazole rings is 1. The smallest absolute Gasteiger partial charge is 0.276 e. The highest BCUT2D eigenvalue weighted by molar-refractivity contribution is 6.03. The third-order valence-electron chi connectivity index (χ3n) is 4.47. The molecular formula is C19H22ClN5O2. The Kier molecular flexibility index (Phi) is 5.93. The van der Waals surface area contributed by atoms with Gasteiger partial charge in [0.1, 0.15) is 6.26 Å². The first kappa shape index (κ1) is 19.1. The third kappa shape index (κ3) is 4.37. The lowest BCUT2D eigenvalue weighted by molar-refractivity contribution is 0.102. The van der Waals surface area contributed by atoms with Gasteiger partial charge >= 0.3 is 0 Å². The summed E-state index contributed by atoms with van der Waals surface area (Å²) in [6.07, 6.45) is 5.68. The van der Waals surface area contributed by atoms with Crippen LogP contribution in [-0.4, -0.2) is 33.8 Å². The predicted octanol–water partition coefficient (Wildman–Crippen LogP) is 3.45. The Bertz CT molecular complexity index is 914. The van der Waals surface area contributed by atoms with Crippen molar-refractivity contribution in [2.75, 3.05) is 18.4 Å². The maximum atomic E-state index is 12.5. The van der Waals surface area contributed by atoms with Gasteiger partial charge in [0.15, 0.2) is 5.69 Å². The number of carbonyl (C=O) groups excluding carboxylic acids is 1. The molecule has 3 heterocycles. The lowest BCUT2D eigenvalue weighted by Crippen LogP contribution is -2.32. The largest absolute Gasteiger partial charge is 0.444 e. The van der Waals surface area contributed by atoms with Crippen LogP contribution in [-0.2, 0) is 0 Å². The second-order valence-electron chi connectivity index (χ2n) is 6.51. The maximum Gasteiger partial charge on any atom is 0.276 e. The van der Waals surface area contributed by atoms with Crippen molar-refractivity contribution in [2.45, 2.75) is 25.8 Å². The molecular weight excluding hydrogens is 366 g/mol. The minimum absolute atomic E-state index is 0. The van der Waals surface area contributed by atoms with Crippen LogP contribution in [0.25, 0.3) is 11.5 Å². The van der Waals surface area contributed by atoms with E-state index in [9.17, 15) is 4.79 Å². The van der Waals surface area contributed by atoms with E-state index in [-0.39, 0.29) is 18.3 Å². The SMILES string of the molecule is Cc1coc(-c2cccc(NC(=O)c3ccn(C4CCCNC4)n3)c2)n1.Cl. The van der Waals surface area contributed by atoms with Crippen molar-refractivity contribution in [3.8, 4) is 11.5 Å². The number of piperidine rings is 1. The summed E-state index contributed by atoms with van der Waals surface area (Å²) < 4.78 is 7.30. The van der Waals surface area contributed by atoms with Gasteiger partial charge in [0.05, 0.1) is 11.7 Å². The van der Waals surface area contributed by atoms with E-state index in [0.29, 0.717) is 23.3 Å². The highest BCUT2D eigenvalue weighted by Crippen LogP contribution is 2.22. The Morgan fingerprint density at radius 1 is 1.37 bits per heavy atom. The summed E-state index contributed by atoms with van der Waals surface area (Å²) in [6.45, 7) is 3.81. The molecule has 0 bridgehead atoms. The molecule has 4 rings (SSSR count). The van der Waals surface area contributed by atoms with Crippen molar-refractivity contribution in [1.82, 2.24) is 20.1 Å². The summed E-state index contributed by atoms with van der Waals surface area (Å²) >= 11 is 0. The quantitative estimate of drug-likeness (QED) is 0.716. The number of nitrogens with zero attached hydrogens (tertiary/aromatic N) is 3. The maximum absolute atomic E-state index is 12.5. The number of amides is 1. The average Bonchev–Trinajstić information content (AvgIpc) is 3.32. The minimum atomic E-state index is -0.228. The molecule has 27 heavy (non-hydrogen) atoms. The molecule has 142 valence electrons. The van der Waals surface area contributed by atoms with Gasteiger partial charge in [-0.25, -0.2) is 4.98 Å². The minimum Gasteiger partial charge on any atom is -0.444 e. The summed E-state index contributed by atoms with van der Waals surface area (Å²) in [5, 5.41) is 10.7. The molecule has 0 aliphatic carbocycles. The standard InChI is InChI=1S/C19H21N5O2.ClH/c1-13-12-26-19(21-13)14-4-2-5-15(10-14)22-18(25)17-7-9-24(23-17)16-6-3-8-20-11-16;/h2,4-5,7,9-10,12,16,20H,3,6,8,11H2,1H3,(H,22,25);1H. The summed E-state index contributed by atoms with van der Waals surface area (Å²) in [7, 11) is 0. The van der Waals surface area contributed by atoms with E-state index in [0.717, 1.165) is 37.2 Å². The van der Waals surface area contributed by atoms with Crippen LogP contribution < -0.4 is 10.6 Å². The second-order valence-corrected chi connectivity index (χ2v) is 6.51. The summed E-state index contributed by atoms with van der Waals surface area (Å²) in [5.41, 5.74) is 2.72. The monoisotopic (exact) mass is 387 g/mol. The van der Waals surface area contributed by atoms with Crippen molar-refractivity contribution >= 4 is 24.0 Å². The van der Waals surface area contributed by atoms with Gasteiger partial charge in [-0.05, 0) is 50.6 Å². The molecule has 0 radical (unpaired) electrons. The molecule has 7 nitrogen and oxygen atoms in total. The molecule has 1 aliphatic rings. The van der Waals surface area contributed by atoms with E-state index in [2.05, 4.69) is 20.7 Å². The molecule has 8 heteroatoms. The third-order valence-corrected chi connectivity index (χ3v) is 4.47. The molecule has 2 N–H and O–H groups in total. The van der Waals surface area contributed by atoms with Crippen LogP contribution in [0.5, 0.6) is 0 Å². The first-order chi connectivity index (χ1) is 12.7. The molecule has 0 spiro atoms. The second kappa shape index (κ2) is 8.37. The van der Waals surface area contributed by atoms with E-state index in [4.69, 9.17) is 4.42 Å². The number of hydrogen-bond donors (Lipinski definition) is 2. The number of rotatable bonds is 4. The Morgan fingerprint density at radius 2 is 2.26 bits per heavy atom. The summed E-state index contributed by atoms with van der Waals surface area (Å²) in [4.78, 5) is 16.8. The number of benzene rings is 1. The van der Waals surface area contributed by atoms with Gasteiger partial charge in [-0.15, -0.1) is 12.4 Å². The van der Waals surface area contributed by atoms with Gasteiger partial charge < -0.3 is 15.1 Å². The fourth-order valence-corrected chi connectivity index (χ4v) is 3.13. The van der Waals surface area contributed by atoms with Crippen LogP contribution in [0.1, 0.15) is 35.1 Å². The average molecular weight is 388 g/mol. The Labute approximate surface area is 163 Å². The molecule has 1 fully saturated rings. The van der Waals surface area contributed by atoms with E-state index in [1.165, 1.54) is 0 Å². The van der Waals surface area contributed by atoms with Crippen molar-refractivity contribution in [3.05, 3.63) is 54.2 Å². The van der Waals surface area contributed by atoms with Crippen LogP contribution in [0, 0.1) is 6.92 Å². The van der Waals surface area contributed by atoms with E-state index >= 15 is 0 Å².